The van der Waals surface area contributed by atoms with Crippen LogP contribution in [0.2, 0.25) is 0 Å². The summed E-state index contributed by atoms with van der Waals surface area (Å²) in [7, 11) is 0. The number of nitrogens with zero attached hydrogens (tertiary/aromatic N) is 1. The number of hydrogen-bond donors (Lipinski definition) is 1. The predicted molar refractivity (Wildman–Crippen MR) is 54.4 cm³/mol. The van der Waals surface area contributed by atoms with Gasteiger partial charge in [0, 0.05) is 19.5 Å². The number of nitrogens with one attached hydrogen (secondary N) is 1. The maximum atomic E-state index is 11.4. The largest absolute Gasteiger partial charge is 0.355 e. The van der Waals surface area contributed by atoms with Gasteiger partial charge in [-0.25, -0.2) is 0 Å². The second-order valence-electron chi connectivity index (χ2n) is 4.02. The lowest BCUT2D eigenvalue weighted by Crippen LogP contribution is -2.39. The molecular formula is C10H18N2O3. The van der Waals surface area contributed by atoms with E-state index < -0.39 is 5.79 Å². The van der Waals surface area contributed by atoms with Crippen LogP contribution >= 0.6 is 0 Å². The summed E-state index contributed by atoms with van der Waals surface area (Å²) in [5.41, 5.74) is 0. The molecule has 2 aliphatic rings. The van der Waals surface area contributed by atoms with E-state index >= 15 is 0 Å². The zero-order valence-electron chi connectivity index (χ0n) is 9.12. The van der Waals surface area contributed by atoms with Gasteiger partial charge >= 0.3 is 0 Å². The smallest absolute Gasteiger partial charge is 0.234 e. The number of likely N-dealkylation sites (tertiary alicyclic amines) is 1. The Morgan fingerprint density at radius 2 is 2.20 bits per heavy atom. The lowest BCUT2D eigenvalue weighted by atomic mass is 10.2. The summed E-state index contributed by atoms with van der Waals surface area (Å²) in [6.07, 6.45) is 0.867. The minimum atomic E-state index is -0.410. The lowest BCUT2D eigenvalue weighted by Gasteiger charge is -2.22. The molecule has 2 heterocycles. The molecule has 0 bridgehead atoms. The first-order valence-corrected chi connectivity index (χ1v) is 5.51. The van der Waals surface area contributed by atoms with E-state index in [9.17, 15) is 4.79 Å². The average Bonchev–Trinajstić information content (AvgIpc) is 2.79. The van der Waals surface area contributed by atoms with E-state index in [-0.39, 0.29) is 5.91 Å². The van der Waals surface area contributed by atoms with Gasteiger partial charge in [-0.2, -0.15) is 0 Å². The monoisotopic (exact) mass is 214 g/mol. The molecule has 0 atom stereocenters. The third-order valence-electron chi connectivity index (χ3n) is 2.83. The molecule has 2 aliphatic heterocycles. The summed E-state index contributed by atoms with van der Waals surface area (Å²) >= 11 is 0. The molecule has 0 aliphatic carbocycles. The third kappa shape index (κ3) is 2.48. The first-order chi connectivity index (χ1) is 7.24. The van der Waals surface area contributed by atoms with Crippen LogP contribution in [0, 0.1) is 0 Å². The van der Waals surface area contributed by atoms with Crippen LogP contribution in [0.25, 0.3) is 0 Å². The van der Waals surface area contributed by atoms with E-state index in [4.69, 9.17) is 9.47 Å². The topological polar surface area (TPSA) is 50.8 Å². The highest BCUT2D eigenvalue weighted by molar-refractivity contribution is 5.77. The highest BCUT2D eigenvalue weighted by atomic mass is 16.7. The quantitative estimate of drug-likeness (QED) is 0.692. The maximum Gasteiger partial charge on any atom is 0.234 e. The molecule has 15 heavy (non-hydrogen) atoms. The summed E-state index contributed by atoms with van der Waals surface area (Å²) < 4.78 is 11.2. The summed E-state index contributed by atoms with van der Waals surface area (Å²) in [5, 5.41) is 2.79. The lowest BCUT2D eigenvalue weighted by molar-refractivity contribution is -0.146. The van der Waals surface area contributed by atoms with E-state index in [1.54, 1.807) is 0 Å². The van der Waals surface area contributed by atoms with Crippen molar-refractivity contribution in [1.82, 2.24) is 10.2 Å². The number of likely N-dealkylation sites (N-methyl/N-ethyl adjacent to an activating group) is 1. The predicted octanol–water partition coefficient (Wildman–Crippen LogP) is -0.429. The van der Waals surface area contributed by atoms with Gasteiger partial charge in [-0.3, -0.25) is 9.69 Å². The average molecular weight is 214 g/mol. The SMILES string of the molecule is CCNC(=O)CN1CCC2(C1)OCCO2. The number of carbonyl (C=O) groups is 1. The minimum absolute atomic E-state index is 0.0764. The number of amides is 1. The van der Waals surface area contributed by atoms with Gasteiger partial charge < -0.3 is 14.8 Å². The van der Waals surface area contributed by atoms with Crippen LogP contribution in [0.1, 0.15) is 13.3 Å². The molecule has 0 unspecified atom stereocenters. The van der Waals surface area contributed by atoms with Crippen molar-refractivity contribution in [3.05, 3.63) is 0 Å². The molecule has 0 aromatic heterocycles. The third-order valence-corrected chi connectivity index (χ3v) is 2.83. The molecule has 2 rings (SSSR count). The van der Waals surface area contributed by atoms with Gasteiger partial charge in [-0.05, 0) is 6.92 Å². The van der Waals surface area contributed by atoms with Crippen molar-refractivity contribution in [2.75, 3.05) is 39.4 Å². The molecule has 5 nitrogen and oxygen atoms in total. The summed E-state index contributed by atoms with van der Waals surface area (Å²) in [6.45, 7) is 5.99. The van der Waals surface area contributed by atoms with Crippen LogP contribution in [0.4, 0.5) is 0 Å². The van der Waals surface area contributed by atoms with Gasteiger partial charge in [0.25, 0.3) is 0 Å². The van der Waals surface area contributed by atoms with Crippen LogP contribution in [0.3, 0.4) is 0 Å². The van der Waals surface area contributed by atoms with Crippen molar-refractivity contribution in [1.29, 1.82) is 0 Å². The standard InChI is InChI=1S/C10H18N2O3/c1-2-11-9(13)7-12-4-3-10(8-12)14-5-6-15-10/h2-8H2,1H3,(H,11,13). The van der Waals surface area contributed by atoms with E-state index in [1.807, 2.05) is 6.92 Å². The molecule has 2 saturated heterocycles. The van der Waals surface area contributed by atoms with Crippen molar-refractivity contribution >= 4 is 5.91 Å². The molecular weight excluding hydrogens is 196 g/mol. The van der Waals surface area contributed by atoms with Crippen LogP contribution in [0.5, 0.6) is 0 Å². The zero-order chi connectivity index (χ0) is 10.7. The molecule has 2 fully saturated rings. The molecule has 0 aromatic rings. The fraction of sp³-hybridized carbons (Fsp3) is 0.900. The van der Waals surface area contributed by atoms with Crippen molar-refractivity contribution in [2.24, 2.45) is 0 Å². The van der Waals surface area contributed by atoms with Gasteiger partial charge in [-0.1, -0.05) is 0 Å². The first-order valence-electron chi connectivity index (χ1n) is 5.51. The Labute approximate surface area is 89.7 Å². The molecule has 0 radical (unpaired) electrons. The number of hydrogen-bond acceptors (Lipinski definition) is 4. The fourth-order valence-corrected chi connectivity index (χ4v) is 2.15. The Hall–Kier alpha value is -0.650. The molecule has 1 N–H and O–H groups in total. The molecule has 5 heteroatoms. The molecule has 1 amide bonds. The highest BCUT2D eigenvalue weighted by Crippen LogP contribution is 2.29. The Kier molecular flexibility index (Phi) is 3.23. The summed E-state index contributed by atoms with van der Waals surface area (Å²) in [5.74, 6) is -0.334. The second-order valence-corrected chi connectivity index (χ2v) is 4.02. The Morgan fingerprint density at radius 3 is 2.87 bits per heavy atom. The van der Waals surface area contributed by atoms with E-state index in [0.717, 1.165) is 13.0 Å². The molecule has 1 spiro atoms. The van der Waals surface area contributed by atoms with Crippen LogP contribution in [0.15, 0.2) is 0 Å². The highest BCUT2D eigenvalue weighted by Gasteiger charge is 2.43. The molecule has 0 aromatic carbocycles. The van der Waals surface area contributed by atoms with Crippen LogP contribution in [-0.4, -0.2) is 56.0 Å². The van der Waals surface area contributed by atoms with Gasteiger partial charge in [0.05, 0.1) is 26.3 Å². The Balaban J connectivity index is 1.79. The van der Waals surface area contributed by atoms with E-state index in [2.05, 4.69) is 10.2 Å². The fourth-order valence-electron chi connectivity index (χ4n) is 2.15. The maximum absolute atomic E-state index is 11.4. The second kappa shape index (κ2) is 4.47. The van der Waals surface area contributed by atoms with Gasteiger partial charge in [0.1, 0.15) is 0 Å². The van der Waals surface area contributed by atoms with Gasteiger partial charge in [-0.15, -0.1) is 0 Å². The van der Waals surface area contributed by atoms with Crippen molar-refractivity contribution < 1.29 is 14.3 Å². The zero-order valence-corrected chi connectivity index (χ0v) is 9.12. The van der Waals surface area contributed by atoms with E-state index in [1.165, 1.54) is 0 Å². The van der Waals surface area contributed by atoms with Crippen molar-refractivity contribution in [3.8, 4) is 0 Å². The van der Waals surface area contributed by atoms with Crippen LogP contribution < -0.4 is 5.32 Å². The van der Waals surface area contributed by atoms with Gasteiger partial charge in [0.2, 0.25) is 5.91 Å². The van der Waals surface area contributed by atoms with E-state index in [0.29, 0.717) is 32.8 Å². The molecule has 0 saturated carbocycles. The number of ether oxygens (including phenoxy) is 2. The van der Waals surface area contributed by atoms with Gasteiger partial charge in [0.15, 0.2) is 5.79 Å². The van der Waals surface area contributed by atoms with Crippen molar-refractivity contribution in [2.45, 2.75) is 19.1 Å². The Bertz CT molecular complexity index is 239. The normalized spacial score (nSPS) is 24.9. The number of carbonyl (C=O) groups excluding carboxylic acids is 1. The van der Waals surface area contributed by atoms with Crippen molar-refractivity contribution in [3.63, 3.8) is 0 Å². The number of rotatable bonds is 3. The summed E-state index contributed by atoms with van der Waals surface area (Å²) in [6, 6.07) is 0. The minimum Gasteiger partial charge on any atom is -0.355 e. The van der Waals surface area contributed by atoms with Crippen LogP contribution in [-0.2, 0) is 14.3 Å². The Morgan fingerprint density at radius 1 is 1.47 bits per heavy atom. The first kappa shape index (κ1) is 10.9. The summed E-state index contributed by atoms with van der Waals surface area (Å²) in [4.78, 5) is 13.4. The molecule has 86 valence electrons.